The van der Waals surface area contributed by atoms with E-state index in [0.29, 0.717) is 78.2 Å². The van der Waals surface area contributed by atoms with Gasteiger partial charge >= 0.3 is 12.2 Å². The van der Waals surface area contributed by atoms with E-state index in [9.17, 15) is 18.0 Å². The Morgan fingerprint density at radius 1 is 0.848 bits per heavy atom. The van der Waals surface area contributed by atoms with E-state index in [1.807, 2.05) is 7.05 Å². The van der Waals surface area contributed by atoms with Crippen molar-refractivity contribution in [1.82, 2.24) is 10.3 Å². The minimum atomic E-state index is -4.57. The van der Waals surface area contributed by atoms with Crippen molar-refractivity contribution in [3.63, 3.8) is 0 Å². The fourth-order valence-electron chi connectivity index (χ4n) is 6.19. The van der Waals surface area contributed by atoms with Gasteiger partial charge in [0.05, 0.1) is 25.3 Å². The summed E-state index contributed by atoms with van der Waals surface area (Å²) in [5.41, 5.74) is 0.865. The Morgan fingerprint density at radius 3 is 2.22 bits per heavy atom. The Kier molecular flexibility index (Phi) is 8.81. The van der Waals surface area contributed by atoms with Crippen LogP contribution in [0.5, 0.6) is 23.0 Å². The monoisotopic (exact) mass is 635 g/mol. The summed E-state index contributed by atoms with van der Waals surface area (Å²) in [6.45, 7) is 1.78. The molecule has 9 nitrogen and oxygen atoms in total. The number of carbonyl (C=O) groups excluding carboxylic acids is 1. The van der Waals surface area contributed by atoms with E-state index in [2.05, 4.69) is 10.3 Å². The molecule has 1 aromatic heterocycles. The summed E-state index contributed by atoms with van der Waals surface area (Å²) in [4.78, 5) is 23.0. The summed E-state index contributed by atoms with van der Waals surface area (Å²) < 4.78 is 60.2. The molecule has 0 atom stereocenters. The maximum atomic E-state index is 14.3. The van der Waals surface area contributed by atoms with Gasteiger partial charge in [-0.25, -0.2) is 4.79 Å². The number of hydrogen-bond donors (Lipinski definition) is 1. The summed E-state index contributed by atoms with van der Waals surface area (Å²) >= 11 is 0. The number of amides is 2. The number of methoxy groups -OCH3 is 2. The molecule has 0 spiro atoms. The third-order valence-electron chi connectivity index (χ3n) is 8.63. The van der Waals surface area contributed by atoms with Gasteiger partial charge in [0.15, 0.2) is 11.5 Å². The number of alkyl halides is 3. The Morgan fingerprint density at radius 2 is 1.54 bits per heavy atom. The van der Waals surface area contributed by atoms with E-state index >= 15 is 0 Å². The van der Waals surface area contributed by atoms with Crippen molar-refractivity contribution in [3.05, 3.63) is 72.4 Å². The number of ether oxygens (including phenoxy) is 3. The summed E-state index contributed by atoms with van der Waals surface area (Å²) in [6, 6.07) is 16.5. The third kappa shape index (κ3) is 6.21. The number of aromatic nitrogens is 1. The first-order valence-corrected chi connectivity index (χ1v) is 15.2. The lowest BCUT2D eigenvalue weighted by molar-refractivity contribution is -0.137. The summed E-state index contributed by atoms with van der Waals surface area (Å²) in [5, 5.41) is 3.92. The van der Waals surface area contributed by atoms with Crippen LogP contribution >= 0.6 is 0 Å². The molecule has 0 aliphatic carbocycles. The molecule has 3 aromatic carbocycles. The first-order chi connectivity index (χ1) is 22.2. The zero-order valence-electron chi connectivity index (χ0n) is 25.9. The highest BCUT2D eigenvalue weighted by atomic mass is 19.4. The number of urea groups is 1. The Balaban J connectivity index is 1.25. The van der Waals surface area contributed by atoms with Crippen LogP contribution in [0.25, 0.3) is 10.9 Å². The number of halogens is 3. The summed E-state index contributed by atoms with van der Waals surface area (Å²) in [6.07, 6.45) is -0.837. The van der Waals surface area contributed by atoms with E-state index in [0.717, 1.165) is 18.9 Å². The molecule has 2 amide bonds. The van der Waals surface area contributed by atoms with E-state index < -0.39 is 17.8 Å². The molecule has 0 radical (unpaired) electrons. The van der Waals surface area contributed by atoms with Gasteiger partial charge < -0.3 is 24.4 Å². The Hall–Kier alpha value is -4.71. The fourth-order valence-corrected chi connectivity index (χ4v) is 6.19. The maximum Gasteiger partial charge on any atom is 0.418 e. The Bertz CT molecular complexity index is 1730. The smallest absolute Gasteiger partial charge is 0.418 e. The van der Waals surface area contributed by atoms with Gasteiger partial charge in [0.1, 0.15) is 11.5 Å². The highest BCUT2D eigenvalue weighted by Crippen LogP contribution is 2.41. The number of anilines is 3. The minimum absolute atomic E-state index is 0.150. The molecule has 6 rings (SSSR count). The van der Waals surface area contributed by atoms with Crippen LogP contribution < -0.4 is 34.2 Å². The third-order valence-corrected chi connectivity index (χ3v) is 8.63. The van der Waals surface area contributed by atoms with Gasteiger partial charge in [-0.1, -0.05) is 6.07 Å². The normalized spacial score (nSPS) is 16.2. The summed E-state index contributed by atoms with van der Waals surface area (Å²) in [5.74, 6) is 2.08. The molecule has 2 aliphatic rings. The van der Waals surface area contributed by atoms with E-state index in [1.54, 1.807) is 78.7 Å². The standard InChI is InChI=1S/C34H36F3N5O4/c1-38-22-11-16-40(17-12-22)29-9-8-24(19-27(29)34(35,36)37)42-15-5-14-41(33(42)43)23-6-4-7-25(18-23)46-30-10-13-39-28-21-32(45-3)31(44-2)20-26(28)30/h4,6-10,13,18-22,38H,5,11-12,14-17H2,1-3H3. The number of pyridine rings is 1. The van der Waals surface area contributed by atoms with Crippen LogP contribution in [0.1, 0.15) is 24.8 Å². The predicted octanol–water partition coefficient (Wildman–Crippen LogP) is 7.09. The van der Waals surface area contributed by atoms with Crippen LogP contribution in [0, 0.1) is 0 Å². The molecule has 0 unspecified atom stereocenters. The van der Waals surface area contributed by atoms with Gasteiger partial charge in [-0.3, -0.25) is 14.8 Å². The van der Waals surface area contributed by atoms with Crippen molar-refractivity contribution in [2.75, 3.05) is 62.1 Å². The Labute approximate surface area is 265 Å². The summed E-state index contributed by atoms with van der Waals surface area (Å²) in [7, 11) is 4.98. The van der Waals surface area contributed by atoms with Crippen molar-refractivity contribution in [3.8, 4) is 23.0 Å². The fraction of sp³-hybridized carbons (Fsp3) is 0.353. The zero-order chi connectivity index (χ0) is 32.4. The largest absolute Gasteiger partial charge is 0.493 e. The second-order valence-electron chi connectivity index (χ2n) is 11.3. The number of rotatable bonds is 8. The maximum absolute atomic E-state index is 14.3. The molecule has 1 N–H and O–H groups in total. The van der Waals surface area contributed by atoms with Crippen molar-refractivity contribution in [1.29, 1.82) is 0 Å². The van der Waals surface area contributed by atoms with Crippen molar-refractivity contribution in [2.24, 2.45) is 0 Å². The quantitative estimate of drug-likeness (QED) is 0.222. The van der Waals surface area contributed by atoms with Gasteiger partial charge in [0.2, 0.25) is 0 Å². The molecule has 242 valence electrons. The molecule has 2 saturated heterocycles. The van der Waals surface area contributed by atoms with Crippen molar-refractivity contribution in [2.45, 2.75) is 31.5 Å². The van der Waals surface area contributed by atoms with E-state index in [-0.39, 0.29) is 11.4 Å². The number of fused-ring (bicyclic) bond motifs is 1. The SMILES string of the molecule is CNC1CCN(c2ccc(N3CCCN(c4cccc(Oc5ccnc6cc(OC)c(OC)cc56)c4)C3=O)cc2C(F)(F)F)CC1. The molecule has 12 heteroatoms. The van der Waals surface area contributed by atoms with Crippen molar-refractivity contribution >= 4 is 34.0 Å². The number of nitrogens with one attached hydrogen (secondary N) is 1. The average Bonchev–Trinajstić information content (AvgIpc) is 3.07. The minimum Gasteiger partial charge on any atom is -0.493 e. The molecule has 0 bridgehead atoms. The highest BCUT2D eigenvalue weighted by molar-refractivity contribution is 6.04. The average molecular weight is 636 g/mol. The molecule has 2 aliphatic heterocycles. The van der Waals surface area contributed by atoms with Crippen LogP contribution in [0.2, 0.25) is 0 Å². The number of benzene rings is 3. The first kappa shape index (κ1) is 31.3. The zero-order valence-corrected chi connectivity index (χ0v) is 25.9. The molecule has 3 heterocycles. The number of carbonyl (C=O) groups is 1. The number of hydrogen-bond acceptors (Lipinski definition) is 7. The molecule has 0 saturated carbocycles. The highest BCUT2D eigenvalue weighted by Gasteiger charge is 2.37. The second-order valence-corrected chi connectivity index (χ2v) is 11.3. The van der Waals surface area contributed by atoms with Crippen LogP contribution in [0.4, 0.5) is 35.0 Å². The van der Waals surface area contributed by atoms with Gasteiger partial charge in [-0.05, 0) is 68.8 Å². The van der Waals surface area contributed by atoms with Crippen LogP contribution in [-0.2, 0) is 6.18 Å². The lowest BCUT2D eigenvalue weighted by Crippen LogP contribution is -2.49. The van der Waals surface area contributed by atoms with Gasteiger partial charge in [0, 0.05) is 73.0 Å². The van der Waals surface area contributed by atoms with Gasteiger partial charge in [0.25, 0.3) is 0 Å². The number of nitrogens with zero attached hydrogens (tertiary/aromatic N) is 4. The number of piperidine rings is 1. The van der Waals surface area contributed by atoms with Gasteiger partial charge in [-0.2, -0.15) is 13.2 Å². The lowest BCUT2D eigenvalue weighted by atomic mass is 10.0. The topological polar surface area (TPSA) is 79.4 Å². The van der Waals surface area contributed by atoms with Crippen LogP contribution in [0.3, 0.4) is 0 Å². The van der Waals surface area contributed by atoms with Crippen molar-refractivity contribution < 1.29 is 32.2 Å². The van der Waals surface area contributed by atoms with Crippen LogP contribution in [0.15, 0.2) is 66.9 Å². The molecule has 46 heavy (non-hydrogen) atoms. The lowest BCUT2D eigenvalue weighted by Gasteiger charge is -2.37. The van der Waals surface area contributed by atoms with E-state index in [4.69, 9.17) is 14.2 Å². The molecular weight excluding hydrogens is 599 g/mol. The van der Waals surface area contributed by atoms with Crippen LogP contribution in [-0.4, -0.2) is 64.5 Å². The molecule has 4 aromatic rings. The van der Waals surface area contributed by atoms with E-state index in [1.165, 1.54) is 11.0 Å². The predicted molar refractivity (Wildman–Crippen MR) is 172 cm³/mol. The second kappa shape index (κ2) is 13.0. The van der Waals surface area contributed by atoms with Gasteiger partial charge in [-0.15, -0.1) is 0 Å². The molecule has 2 fully saturated rings. The molecular formula is C34H36F3N5O4. The first-order valence-electron chi connectivity index (χ1n) is 15.2.